The predicted octanol–water partition coefficient (Wildman–Crippen LogP) is 2.11. The molecule has 0 aliphatic carbocycles. The van der Waals surface area contributed by atoms with Crippen molar-refractivity contribution in [3.8, 4) is 0 Å². The third-order valence-electron chi connectivity index (χ3n) is 2.28. The molecule has 2 aromatic rings. The van der Waals surface area contributed by atoms with Crippen molar-refractivity contribution in [2.24, 2.45) is 0 Å². The fourth-order valence-corrected chi connectivity index (χ4v) is 1.51. The average molecular weight is 179 g/mol. The zero-order chi connectivity index (χ0) is 9.42. The number of H-pyrrole nitrogens is 1. The van der Waals surface area contributed by atoms with E-state index < -0.39 is 0 Å². The number of benzene rings is 1. The molecule has 2 N–H and O–H groups in total. The number of rotatable bonds is 1. The molecule has 2 nitrogen and oxygen atoms in total. The molecule has 0 aliphatic heterocycles. The number of aromatic amines is 1. The summed E-state index contributed by atoms with van der Waals surface area (Å²) in [4.78, 5) is 3.02. The number of fused-ring (bicyclic) bond motifs is 1. The van der Waals surface area contributed by atoms with Crippen LogP contribution < -0.4 is 0 Å². The Labute approximate surface area is 75.0 Å². The summed E-state index contributed by atoms with van der Waals surface area (Å²) in [5, 5.41) is 9.80. The van der Waals surface area contributed by atoms with Gasteiger partial charge in [-0.1, -0.05) is 0 Å². The third-order valence-corrected chi connectivity index (χ3v) is 2.28. The normalized spacial score (nSPS) is 11.0. The highest BCUT2D eigenvalue weighted by molar-refractivity contribution is 5.84. The van der Waals surface area contributed by atoms with Gasteiger partial charge < -0.3 is 10.1 Å². The SMILES string of the molecule is Cc1c(CO)[nH]c2ccc(F)cc12. The molecule has 68 valence electrons. The van der Waals surface area contributed by atoms with E-state index >= 15 is 0 Å². The zero-order valence-electron chi connectivity index (χ0n) is 7.26. The topological polar surface area (TPSA) is 36.0 Å². The lowest BCUT2D eigenvalue weighted by molar-refractivity contribution is 0.277. The van der Waals surface area contributed by atoms with Crippen LogP contribution in [0.2, 0.25) is 0 Å². The first-order valence-electron chi connectivity index (χ1n) is 4.10. The average Bonchev–Trinajstić information content (AvgIpc) is 2.44. The van der Waals surface area contributed by atoms with E-state index in [0.29, 0.717) is 0 Å². The number of nitrogens with one attached hydrogen (secondary N) is 1. The van der Waals surface area contributed by atoms with Crippen molar-refractivity contribution in [2.75, 3.05) is 0 Å². The molecule has 0 fully saturated rings. The summed E-state index contributed by atoms with van der Waals surface area (Å²) in [7, 11) is 0. The molecule has 1 heterocycles. The van der Waals surface area contributed by atoms with Crippen LogP contribution in [-0.2, 0) is 6.61 Å². The van der Waals surface area contributed by atoms with Gasteiger partial charge in [-0.2, -0.15) is 0 Å². The molecule has 0 saturated heterocycles. The van der Waals surface area contributed by atoms with E-state index in [9.17, 15) is 4.39 Å². The van der Waals surface area contributed by atoms with E-state index in [1.54, 1.807) is 6.07 Å². The second kappa shape index (κ2) is 2.85. The quantitative estimate of drug-likeness (QED) is 0.691. The van der Waals surface area contributed by atoms with Crippen LogP contribution in [0.3, 0.4) is 0 Å². The van der Waals surface area contributed by atoms with Crippen molar-refractivity contribution in [1.29, 1.82) is 0 Å². The van der Waals surface area contributed by atoms with E-state index in [-0.39, 0.29) is 12.4 Å². The molecule has 0 radical (unpaired) electrons. The lowest BCUT2D eigenvalue weighted by Gasteiger charge is -1.92. The van der Waals surface area contributed by atoms with Crippen molar-refractivity contribution < 1.29 is 9.50 Å². The summed E-state index contributed by atoms with van der Waals surface area (Å²) < 4.78 is 12.9. The lowest BCUT2D eigenvalue weighted by Crippen LogP contribution is -1.84. The first-order valence-corrected chi connectivity index (χ1v) is 4.10. The summed E-state index contributed by atoms with van der Waals surface area (Å²) in [5.41, 5.74) is 2.53. The van der Waals surface area contributed by atoms with Crippen LogP contribution in [-0.4, -0.2) is 10.1 Å². The van der Waals surface area contributed by atoms with Crippen LogP contribution in [0.5, 0.6) is 0 Å². The van der Waals surface area contributed by atoms with Gasteiger partial charge in [0.1, 0.15) is 5.82 Å². The molecule has 0 bridgehead atoms. The molecule has 0 unspecified atom stereocenters. The highest BCUT2D eigenvalue weighted by Gasteiger charge is 2.06. The number of aliphatic hydroxyl groups is 1. The van der Waals surface area contributed by atoms with Crippen LogP contribution in [0.1, 0.15) is 11.3 Å². The Hall–Kier alpha value is -1.35. The maximum Gasteiger partial charge on any atom is 0.123 e. The minimum absolute atomic E-state index is 0.0396. The first kappa shape index (κ1) is 8.26. The summed E-state index contributed by atoms with van der Waals surface area (Å²) in [6, 6.07) is 4.55. The first-order chi connectivity index (χ1) is 6.22. The van der Waals surface area contributed by atoms with Gasteiger partial charge in [0, 0.05) is 16.6 Å². The van der Waals surface area contributed by atoms with Gasteiger partial charge in [0.05, 0.1) is 6.61 Å². The molecule has 1 aromatic carbocycles. The standard InChI is InChI=1S/C10H10FNO/c1-6-8-4-7(11)2-3-9(8)12-10(6)5-13/h2-4,12-13H,5H2,1H3. The van der Waals surface area contributed by atoms with Crippen molar-refractivity contribution in [1.82, 2.24) is 4.98 Å². The number of aryl methyl sites for hydroxylation is 1. The predicted molar refractivity (Wildman–Crippen MR) is 48.9 cm³/mol. The van der Waals surface area contributed by atoms with Crippen LogP contribution in [0.15, 0.2) is 18.2 Å². The summed E-state index contributed by atoms with van der Waals surface area (Å²) in [6.45, 7) is 1.83. The maximum absolute atomic E-state index is 12.9. The number of hydrogen-bond acceptors (Lipinski definition) is 1. The van der Waals surface area contributed by atoms with Gasteiger partial charge in [0.2, 0.25) is 0 Å². The molecule has 0 spiro atoms. The largest absolute Gasteiger partial charge is 0.390 e. The van der Waals surface area contributed by atoms with Gasteiger partial charge in [-0.05, 0) is 30.7 Å². The Balaban J connectivity index is 2.77. The molecule has 3 heteroatoms. The van der Waals surface area contributed by atoms with E-state index in [1.165, 1.54) is 12.1 Å². The van der Waals surface area contributed by atoms with E-state index in [4.69, 9.17) is 5.11 Å². The number of halogens is 1. The Morgan fingerprint density at radius 1 is 1.46 bits per heavy atom. The second-order valence-electron chi connectivity index (χ2n) is 3.08. The molecule has 0 saturated carbocycles. The molecular weight excluding hydrogens is 169 g/mol. The van der Waals surface area contributed by atoms with Gasteiger partial charge in [0.15, 0.2) is 0 Å². The lowest BCUT2D eigenvalue weighted by atomic mass is 10.1. The van der Waals surface area contributed by atoms with Crippen molar-refractivity contribution in [3.63, 3.8) is 0 Å². The fraction of sp³-hybridized carbons (Fsp3) is 0.200. The Morgan fingerprint density at radius 3 is 2.92 bits per heavy atom. The van der Waals surface area contributed by atoms with Crippen LogP contribution in [0, 0.1) is 12.7 Å². The highest BCUT2D eigenvalue weighted by Crippen LogP contribution is 2.22. The van der Waals surface area contributed by atoms with Gasteiger partial charge in [0.25, 0.3) is 0 Å². The van der Waals surface area contributed by atoms with Crippen molar-refractivity contribution >= 4 is 10.9 Å². The minimum Gasteiger partial charge on any atom is -0.390 e. The van der Waals surface area contributed by atoms with Gasteiger partial charge >= 0.3 is 0 Å². The molecule has 1 aromatic heterocycles. The Kier molecular flexibility index (Phi) is 1.81. The van der Waals surface area contributed by atoms with Gasteiger partial charge in [-0.3, -0.25) is 0 Å². The summed E-state index contributed by atoms with van der Waals surface area (Å²) in [5.74, 6) is -0.251. The molecule has 13 heavy (non-hydrogen) atoms. The van der Waals surface area contributed by atoms with E-state index in [2.05, 4.69) is 4.98 Å². The molecule has 0 amide bonds. The Morgan fingerprint density at radius 2 is 2.23 bits per heavy atom. The second-order valence-corrected chi connectivity index (χ2v) is 3.08. The van der Waals surface area contributed by atoms with Gasteiger partial charge in [-0.25, -0.2) is 4.39 Å². The Bertz CT molecular complexity index is 447. The van der Waals surface area contributed by atoms with Crippen LogP contribution in [0.25, 0.3) is 10.9 Å². The van der Waals surface area contributed by atoms with E-state index in [1.807, 2.05) is 6.92 Å². The van der Waals surface area contributed by atoms with Crippen LogP contribution >= 0.6 is 0 Å². The van der Waals surface area contributed by atoms with Gasteiger partial charge in [-0.15, -0.1) is 0 Å². The van der Waals surface area contributed by atoms with Crippen molar-refractivity contribution in [2.45, 2.75) is 13.5 Å². The monoisotopic (exact) mass is 179 g/mol. The minimum atomic E-state index is -0.251. The molecule has 2 rings (SSSR count). The molecule has 0 atom stereocenters. The molecule has 0 aliphatic rings. The van der Waals surface area contributed by atoms with E-state index in [0.717, 1.165) is 22.2 Å². The number of aliphatic hydroxyl groups excluding tert-OH is 1. The maximum atomic E-state index is 12.9. The summed E-state index contributed by atoms with van der Waals surface area (Å²) >= 11 is 0. The number of aromatic nitrogens is 1. The third kappa shape index (κ3) is 1.21. The molecular formula is C10H10FNO. The fourth-order valence-electron chi connectivity index (χ4n) is 1.51. The number of hydrogen-bond donors (Lipinski definition) is 2. The summed E-state index contributed by atoms with van der Waals surface area (Å²) in [6.07, 6.45) is 0. The van der Waals surface area contributed by atoms with Crippen LogP contribution in [0.4, 0.5) is 4.39 Å². The zero-order valence-corrected chi connectivity index (χ0v) is 7.26. The smallest absolute Gasteiger partial charge is 0.123 e. The highest BCUT2D eigenvalue weighted by atomic mass is 19.1. The van der Waals surface area contributed by atoms with Crippen molar-refractivity contribution in [3.05, 3.63) is 35.3 Å².